The van der Waals surface area contributed by atoms with Gasteiger partial charge in [-0.3, -0.25) is 0 Å². The lowest BCUT2D eigenvalue weighted by molar-refractivity contribution is 0.126. The lowest BCUT2D eigenvalue weighted by Crippen LogP contribution is -1.97. The molecule has 0 radical (unpaired) electrons. The molecule has 0 aliphatic carbocycles. The van der Waals surface area contributed by atoms with Gasteiger partial charge in [0.15, 0.2) is 0 Å². The Morgan fingerprint density at radius 2 is 2.31 bits per heavy atom. The van der Waals surface area contributed by atoms with Crippen LogP contribution < -0.4 is 0 Å². The van der Waals surface area contributed by atoms with Crippen molar-refractivity contribution in [3.63, 3.8) is 0 Å². The van der Waals surface area contributed by atoms with E-state index < -0.39 is 0 Å². The number of ether oxygens (including phenoxy) is 1. The van der Waals surface area contributed by atoms with Crippen LogP contribution in [0.4, 0.5) is 0 Å². The predicted molar refractivity (Wildman–Crippen MR) is 69.4 cm³/mol. The van der Waals surface area contributed by atoms with Gasteiger partial charge in [0.25, 0.3) is 0 Å². The number of aromatic nitrogens is 1. The largest absolute Gasteiger partial charge is 0.376 e. The molecule has 16 heavy (non-hydrogen) atoms. The summed E-state index contributed by atoms with van der Waals surface area (Å²) in [5.74, 6) is 0.493. The minimum absolute atomic E-state index is 0.493. The van der Waals surface area contributed by atoms with Crippen LogP contribution in [0.2, 0.25) is 0 Å². The molecule has 0 spiro atoms. The average Bonchev–Trinajstić information content (AvgIpc) is 2.95. The first-order chi connectivity index (χ1) is 7.88. The van der Waals surface area contributed by atoms with Crippen LogP contribution >= 0.6 is 34.3 Å². The van der Waals surface area contributed by atoms with E-state index in [0.29, 0.717) is 19.1 Å². The molecule has 0 aromatic carbocycles. The molecule has 86 valence electrons. The maximum atomic E-state index is 5.68. The van der Waals surface area contributed by atoms with E-state index >= 15 is 0 Å². The summed E-state index contributed by atoms with van der Waals surface area (Å²) in [6.45, 7) is 1.42. The van der Waals surface area contributed by atoms with Crippen molar-refractivity contribution in [1.82, 2.24) is 4.98 Å². The first-order valence-electron chi connectivity index (χ1n) is 4.98. The molecule has 2 rings (SSSR count). The number of thiophene rings is 1. The molecule has 0 amide bonds. The van der Waals surface area contributed by atoms with Crippen molar-refractivity contribution in [2.75, 3.05) is 6.61 Å². The summed E-state index contributed by atoms with van der Waals surface area (Å²) in [6.07, 6.45) is 0.868. The Balaban J connectivity index is 1.68. The van der Waals surface area contributed by atoms with E-state index in [4.69, 9.17) is 16.3 Å². The maximum absolute atomic E-state index is 5.68. The van der Waals surface area contributed by atoms with Gasteiger partial charge in [-0.05, 0) is 11.4 Å². The standard InChI is InChI=1S/C11H12ClNOS2/c12-6-9-8-16-11(13-9)3-4-14-7-10-2-1-5-15-10/h1-2,5,8H,3-4,6-7H2. The Labute approximate surface area is 108 Å². The summed E-state index contributed by atoms with van der Waals surface area (Å²) in [5.41, 5.74) is 0.958. The van der Waals surface area contributed by atoms with Crippen molar-refractivity contribution in [2.45, 2.75) is 18.9 Å². The first kappa shape index (κ1) is 12.0. The van der Waals surface area contributed by atoms with E-state index in [0.717, 1.165) is 17.1 Å². The monoisotopic (exact) mass is 273 g/mol. The van der Waals surface area contributed by atoms with Gasteiger partial charge in [0, 0.05) is 16.7 Å². The summed E-state index contributed by atoms with van der Waals surface area (Å²) < 4.78 is 5.57. The maximum Gasteiger partial charge on any atom is 0.0951 e. The van der Waals surface area contributed by atoms with Crippen LogP contribution in [0.5, 0.6) is 0 Å². The third kappa shape index (κ3) is 3.56. The molecule has 0 saturated carbocycles. The summed E-state index contributed by atoms with van der Waals surface area (Å²) in [5, 5.41) is 5.16. The number of hydrogen-bond donors (Lipinski definition) is 0. The van der Waals surface area contributed by atoms with Gasteiger partial charge in [0.2, 0.25) is 0 Å². The van der Waals surface area contributed by atoms with Crippen molar-refractivity contribution in [2.24, 2.45) is 0 Å². The number of alkyl halides is 1. The molecule has 0 aliphatic rings. The van der Waals surface area contributed by atoms with Crippen LogP contribution in [0.1, 0.15) is 15.6 Å². The van der Waals surface area contributed by atoms with Crippen molar-refractivity contribution in [3.05, 3.63) is 38.5 Å². The van der Waals surface area contributed by atoms with Gasteiger partial charge in [0.05, 0.1) is 29.8 Å². The molecule has 2 aromatic rings. The van der Waals surface area contributed by atoms with Gasteiger partial charge in [-0.15, -0.1) is 34.3 Å². The van der Waals surface area contributed by atoms with Gasteiger partial charge in [-0.25, -0.2) is 4.98 Å². The van der Waals surface area contributed by atoms with E-state index in [-0.39, 0.29) is 0 Å². The van der Waals surface area contributed by atoms with Crippen LogP contribution in [0.25, 0.3) is 0 Å². The highest BCUT2D eigenvalue weighted by molar-refractivity contribution is 7.10. The van der Waals surface area contributed by atoms with Gasteiger partial charge in [0.1, 0.15) is 0 Å². The van der Waals surface area contributed by atoms with Crippen molar-refractivity contribution < 1.29 is 4.74 Å². The van der Waals surface area contributed by atoms with E-state index in [1.54, 1.807) is 22.7 Å². The lowest BCUT2D eigenvalue weighted by Gasteiger charge is -1.99. The van der Waals surface area contributed by atoms with Gasteiger partial charge in [-0.1, -0.05) is 6.07 Å². The number of halogens is 1. The van der Waals surface area contributed by atoms with Gasteiger partial charge < -0.3 is 4.74 Å². The van der Waals surface area contributed by atoms with E-state index in [1.807, 2.05) is 11.4 Å². The second-order valence-electron chi connectivity index (χ2n) is 3.25. The second-order valence-corrected chi connectivity index (χ2v) is 5.49. The Kier molecular flexibility index (Phi) is 4.78. The molecule has 0 N–H and O–H groups in total. The highest BCUT2D eigenvalue weighted by atomic mass is 35.5. The molecule has 2 aromatic heterocycles. The van der Waals surface area contributed by atoms with Gasteiger partial charge in [-0.2, -0.15) is 0 Å². The highest BCUT2D eigenvalue weighted by Crippen LogP contribution is 2.13. The molecule has 5 heteroatoms. The molecule has 0 atom stereocenters. The Morgan fingerprint density at radius 1 is 1.38 bits per heavy atom. The van der Waals surface area contributed by atoms with Crippen LogP contribution in [0, 0.1) is 0 Å². The molecule has 2 nitrogen and oxygen atoms in total. The molecule has 0 fully saturated rings. The minimum Gasteiger partial charge on any atom is -0.376 e. The fraction of sp³-hybridized carbons (Fsp3) is 0.364. The fourth-order valence-electron chi connectivity index (χ4n) is 1.25. The molecule has 2 heterocycles. The minimum atomic E-state index is 0.493. The Hall–Kier alpha value is -0.420. The third-order valence-corrected chi connectivity index (χ3v) is 4.10. The van der Waals surface area contributed by atoms with Crippen molar-refractivity contribution in [3.8, 4) is 0 Å². The molecule has 0 bridgehead atoms. The van der Waals surface area contributed by atoms with Crippen LogP contribution in [0.15, 0.2) is 22.9 Å². The van der Waals surface area contributed by atoms with Crippen molar-refractivity contribution >= 4 is 34.3 Å². The zero-order valence-electron chi connectivity index (χ0n) is 8.69. The zero-order valence-corrected chi connectivity index (χ0v) is 11.1. The lowest BCUT2D eigenvalue weighted by atomic mass is 10.4. The normalized spacial score (nSPS) is 10.8. The smallest absolute Gasteiger partial charge is 0.0951 e. The summed E-state index contributed by atoms with van der Waals surface area (Å²) in [4.78, 5) is 5.64. The zero-order chi connectivity index (χ0) is 11.2. The number of rotatable bonds is 6. The molecular formula is C11H12ClNOS2. The fourth-order valence-corrected chi connectivity index (χ4v) is 2.90. The Bertz CT molecular complexity index is 413. The van der Waals surface area contributed by atoms with Crippen molar-refractivity contribution in [1.29, 1.82) is 0 Å². The number of hydrogen-bond acceptors (Lipinski definition) is 4. The summed E-state index contributed by atoms with van der Waals surface area (Å²) >= 11 is 9.05. The third-order valence-electron chi connectivity index (χ3n) is 2.02. The molecule has 0 unspecified atom stereocenters. The van der Waals surface area contributed by atoms with Crippen LogP contribution in [0.3, 0.4) is 0 Å². The Morgan fingerprint density at radius 3 is 3.00 bits per heavy atom. The second kappa shape index (κ2) is 6.35. The average molecular weight is 274 g/mol. The predicted octanol–water partition coefficient (Wildman–Crippen LogP) is 3.70. The van der Waals surface area contributed by atoms with E-state index in [2.05, 4.69) is 16.4 Å². The quantitative estimate of drug-likeness (QED) is 0.591. The molecule has 0 aliphatic heterocycles. The van der Waals surface area contributed by atoms with E-state index in [1.165, 1.54) is 4.88 Å². The van der Waals surface area contributed by atoms with Gasteiger partial charge >= 0.3 is 0 Å². The topological polar surface area (TPSA) is 22.1 Å². The summed E-state index contributed by atoms with van der Waals surface area (Å²) in [6, 6.07) is 4.12. The number of thiazole rings is 1. The SMILES string of the molecule is ClCc1csc(CCOCc2cccs2)n1. The number of nitrogens with zero attached hydrogens (tertiary/aromatic N) is 1. The van der Waals surface area contributed by atoms with Crippen LogP contribution in [-0.2, 0) is 23.6 Å². The molecule has 0 saturated heterocycles. The van der Waals surface area contributed by atoms with E-state index in [9.17, 15) is 0 Å². The molecular weight excluding hydrogens is 262 g/mol. The highest BCUT2D eigenvalue weighted by Gasteiger charge is 2.01. The summed E-state index contributed by atoms with van der Waals surface area (Å²) in [7, 11) is 0. The van der Waals surface area contributed by atoms with Crippen LogP contribution in [-0.4, -0.2) is 11.6 Å². The first-order valence-corrected chi connectivity index (χ1v) is 7.27.